The number of benzene rings is 2. The molecule has 0 aliphatic rings. The van der Waals surface area contributed by atoms with E-state index < -0.39 is 0 Å². The molecule has 0 spiro atoms. The lowest BCUT2D eigenvalue weighted by Crippen LogP contribution is -2.02. The smallest absolute Gasteiger partial charge is 0.233 e. The molecule has 0 saturated carbocycles. The van der Waals surface area contributed by atoms with Crippen LogP contribution >= 0.6 is 23.4 Å². The number of imidazole rings is 1. The summed E-state index contributed by atoms with van der Waals surface area (Å²) >= 11 is 7.67. The molecule has 0 aliphatic carbocycles. The van der Waals surface area contributed by atoms with E-state index in [1.807, 2.05) is 59.3 Å². The topological polar surface area (TPSA) is 60.9 Å². The van der Waals surface area contributed by atoms with Crippen LogP contribution < -0.4 is 0 Å². The fourth-order valence-corrected chi connectivity index (χ4v) is 4.22. The third kappa shape index (κ3) is 3.58. The minimum Gasteiger partial charge on any atom is -0.291 e. The fourth-order valence-electron chi connectivity index (χ4n) is 3.27. The Bertz CT molecular complexity index is 1290. The number of para-hydroxylation sites is 1. The summed E-state index contributed by atoms with van der Waals surface area (Å²) in [6, 6.07) is 17.8. The molecular weight excluding hydrogens is 416 g/mol. The van der Waals surface area contributed by atoms with Gasteiger partial charge < -0.3 is 0 Å². The molecule has 3 heterocycles. The van der Waals surface area contributed by atoms with Crippen molar-refractivity contribution in [3.05, 3.63) is 89.5 Å². The molecule has 0 aliphatic heterocycles. The van der Waals surface area contributed by atoms with Crippen molar-refractivity contribution < 1.29 is 0 Å². The van der Waals surface area contributed by atoms with Gasteiger partial charge in [0.2, 0.25) is 5.78 Å². The lowest BCUT2D eigenvalue weighted by atomic mass is 10.1. The lowest BCUT2D eigenvalue weighted by molar-refractivity contribution is 0.880. The van der Waals surface area contributed by atoms with E-state index in [0.717, 1.165) is 33.5 Å². The molecule has 2 aromatic carbocycles. The van der Waals surface area contributed by atoms with Crippen LogP contribution in [0.4, 0.5) is 0 Å². The standard InChI is InChI=1S/C22H17ClN6S/c1-15-5-2-3-6-19(15)29-20(16-7-9-17(23)10-8-16)26-27-22(29)30-14-18-13-28-12-4-11-24-21(28)25-18/h2-13H,14H2,1H3. The Kier molecular flexibility index (Phi) is 4.98. The first-order valence-electron chi connectivity index (χ1n) is 9.38. The summed E-state index contributed by atoms with van der Waals surface area (Å²) in [6.07, 6.45) is 5.67. The second kappa shape index (κ2) is 7.93. The van der Waals surface area contributed by atoms with Gasteiger partial charge in [0.15, 0.2) is 11.0 Å². The summed E-state index contributed by atoms with van der Waals surface area (Å²) in [5.41, 5.74) is 4.09. The van der Waals surface area contributed by atoms with E-state index in [4.69, 9.17) is 11.6 Å². The second-order valence-electron chi connectivity index (χ2n) is 6.78. The Morgan fingerprint density at radius 1 is 1.00 bits per heavy atom. The highest BCUT2D eigenvalue weighted by atomic mass is 35.5. The van der Waals surface area contributed by atoms with Crippen LogP contribution in [0.15, 0.2) is 78.3 Å². The number of halogens is 1. The molecule has 6 nitrogen and oxygen atoms in total. The number of thioether (sulfide) groups is 1. The second-order valence-corrected chi connectivity index (χ2v) is 8.16. The summed E-state index contributed by atoms with van der Waals surface area (Å²) in [7, 11) is 0. The molecule has 0 bridgehead atoms. The molecule has 0 atom stereocenters. The molecule has 5 rings (SSSR count). The largest absolute Gasteiger partial charge is 0.291 e. The van der Waals surface area contributed by atoms with Gasteiger partial charge in [0.1, 0.15) is 0 Å². The van der Waals surface area contributed by atoms with Gasteiger partial charge in [-0.1, -0.05) is 41.6 Å². The third-order valence-electron chi connectivity index (χ3n) is 4.73. The predicted molar refractivity (Wildman–Crippen MR) is 119 cm³/mol. The highest BCUT2D eigenvalue weighted by molar-refractivity contribution is 7.98. The van der Waals surface area contributed by atoms with Crippen molar-refractivity contribution in [2.75, 3.05) is 0 Å². The molecule has 0 fully saturated rings. The number of fused-ring (bicyclic) bond motifs is 1. The summed E-state index contributed by atoms with van der Waals surface area (Å²) < 4.78 is 4.01. The molecule has 0 N–H and O–H groups in total. The molecular formula is C22H17ClN6S. The Balaban J connectivity index is 1.54. The van der Waals surface area contributed by atoms with Gasteiger partial charge in [-0.2, -0.15) is 0 Å². The van der Waals surface area contributed by atoms with Gasteiger partial charge in [-0.15, -0.1) is 10.2 Å². The van der Waals surface area contributed by atoms with Gasteiger partial charge in [-0.05, 0) is 48.9 Å². The maximum absolute atomic E-state index is 6.08. The molecule has 148 valence electrons. The summed E-state index contributed by atoms with van der Waals surface area (Å²) in [5, 5.41) is 10.5. The van der Waals surface area contributed by atoms with Crippen molar-refractivity contribution >= 4 is 29.1 Å². The van der Waals surface area contributed by atoms with Crippen LogP contribution in [-0.2, 0) is 5.75 Å². The monoisotopic (exact) mass is 432 g/mol. The van der Waals surface area contributed by atoms with Gasteiger partial charge in [0.05, 0.1) is 11.4 Å². The zero-order valence-electron chi connectivity index (χ0n) is 16.1. The first kappa shape index (κ1) is 18.8. The predicted octanol–water partition coefficient (Wildman–Crippen LogP) is 5.23. The number of aryl methyl sites for hydroxylation is 1. The number of hydrogen-bond donors (Lipinski definition) is 0. The van der Waals surface area contributed by atoms with Crippen molar-refractivity contribution in [3.8, 4) is 17.1 Å². The van der Waals surface area contributed by atoms with E-state index in [0.29, 0.717) is 16.6 Å². The van der Waals surface area contributed by atoms with E-state index in [-0.39, 0.29) is 0 Å². The van der Waals surface area contributed by atoms with Crippen LogP contribution in [0.2, 0.25) is 5.02 Å². The molecule has 0 radical (unpaired) electrons. The Hall–Kier alpha value is -3.16. The minimum atomic E-state index is 0.661. The zero-order valence-corrected chi connectivity index (χ0v) is 17.7. The fraction of sp³-hybridized carbons (Fsp3) is 0.0909. The average molecular weight is 433 g/mol. The highest BCUT2D eigenvalue weighted by Crippen LogP contribution is 2.31. The molecule has 0 saturated heterocycles. The SMILES string of the molecule is Cc1ccccc1-n1c(SCc2cn3cccnc3n2)nnc1-c1ccc(Cl)cc1. The summed E-state index contributed by atoms with van der Waals surface area (Å²) in [5.74, 6) is 2.13. The van der Waals surface area contributed by atoms with Crippen molar-refractivity contribution in [1.29, 1.82) is 0 Å². The van der Waals surface area contributed by atoms with Crippen molar-refractivity contribution in [2.45, 2.75) is 17.8 Å². The number of nitrogens with zero attached hydrogens (tertiary/aromatic N) is 6. The molecule has 5 aromatic rings. The normalized spacial score (nSPS) is 11.3. The first-order valence-corrected chi connectivity index (χ1v) is 10.7. The minimum absolute atomic E-state index is 0.661. The van der Waals surface area contributed by atoms with E-state index in [9.17, 15) is 0 Å². The highest BCUT2D eigenvalue weighted by Gasteiger charge is 2.18. The Morgan fingerprint density at radius 3 is 2.63 bits per heavy atom. The van der Waals surface area contributed by atoms with Crippen LogP contribution in [0.3, 0.4) is 0 Å². The number of hydrogen-bond acceptors (Lipinski definition) is 5. The summed E-state index contributed by atoms with van der Waals surface area (Å²) in [4.78, 5) is 8.86. The van der Waals surface area contributed by atoms with Crippen LogP contribution in [0.1, 0.15) is 11.3 Å². The Morgan fingerprint density at radius 2 is 1.83 bits per heavy atom. The maximum atomic E-state index is 6.08. The van der Waals surface area contributed by atoms with Gasteiger partial charge in [-0.25, -0.2) is 9.97 Å². The first-order chi connectivity index (χ1) is 14.7. The quantitative estimate of drug-likeness (QED) is 0.356. The van der Waals surface area contributed by atoms with Crippen LogP contribution in [-0.4, -0.2) is 29.1 Å². The van der Waals surface area contributed by atoms with E-state index in [1.165, 1.54) is 0 Å². The van der Waals surface area contributed by atoms with E-state index in [1.54, 1.807) is 18.0 Å². The molecule has 0 amide bonds. The van der Waals surface area contributed by atoms with Gasteiger partial charge in [0.25, 0.3) is 0 Å². The maximum Gasteiger partial charge on any atom is 0.233 e. The molecule has 8 heteroatoms. The summed E-state index contributed by atoms with van der Waals surface area (Å²) in [6.45, 7) is 2.09. The van der Waals surface area contributed by atoms with Gasteiger partial charge >= 0.3 is 0 Å². The Labute approximate surface area is 182 Å². The van der Waals surface area contributed by atoms with Crippen molar-refractivity contribution in [1.82, 2.24) is 29.1 Å². The molecule has 3 aromatic heterocycles. The third-order valence-corrected chi connectivity index (χ3v) is 5.94. The zero-order chi connectivity index (χ0) is 20.5. The van der Waals surface area contributed by atoms with Crippen LogP contribution in [0.25, 0.3) is 22.9 Å². The van der Waals surface area contributed by atoms with Crippen molar-refractivity contribution in [2.24, 2.45) is 0 Å². The molecule has 0 unspecified atom stereocenters. The van der Waals surface area contributed by atoms with E-state index >= 15 is 0 Å². The number of rotatable bonds is 5. The molecule has 30 heavy (non-hydrogen) atoms. The number of aromatic nitrogens is 6. The van der Waals surface area contributed by atoms with Crippen molar-refractivity contribution in [3.63, 3.8) is 0 Å². The van der Waals surface area contributed by atoms with Gasteiger partial charge in [-0.3, -0.25) is 8.97 Å². The average Bonchev–Trinajstić information content (AvgIpc) is 3.37. The van der Waals surface area contributed by atoms with Crippen LogP contribution in [0, 0.1) is 6.92 Å². The van der Waals surface area contributed by atoms with E-state index in [2.05, 4.69) is 43.8 Å². The van der Waals surface area contributed by atoms with Gasteiger partial charge in [0, 0.05) is 34.9 Å². The lowest BCUT2D eigenvalue weighted by Gasteiger charge is -2.12. The van der Waals surface area contributed by atoms with Crippen LogP contribution in [0.5, 0.6) is 0 Å².